The molecule has 2 N–H and O–H groups in total. The van der Waals surface area contributed by atoms with E-state index in [0.29, 0.717) is 23.9 Å². The number of halogens is 2. The first-order valence-corrected chi connectivity index (χ1v) is 7.66. The van der Waals surface area contributed by atoms with Crippen molar-refractivity contribution in [3.8, 4) is 0 Å². The number of alkyl halides is 2. The van der Waals surface area contributed by atoms with Gasteiger partial charge in [-0.1, -0.05) is 44.7 Å². The first-order chi connectivity index (χ1) is 10.2. The van der Waals surface area contributed by atoms with Crippen LogP contribution in [0.4, 0.5) is 14.5 Å². The van der Waals surface area contributed by atoms with Gasteiger partial charge in [0, 0.05) is 11.3 Å². The summed E-state index contributed by atoms with van der Waals surface area (Å²) in [6.45, 7) is 5.57. The lowest BCUT2D eigenvalue weighted by molar-refractivity contribution is -0.125. The molecule has 0 saturated carbocycles. The van der Waals surface area contributed by atoms with E-state index in [1.165, 1.54) is 6.07 Å². The van der Waals surface area contributed by atoms with E-state index in [0.717, 1.165) is 0 Å². The lowest BCUT2D eigenvalue weighted by Crippen LogP contribution is -2.34. The molecular formula is C15H20F2N2O2S. The van der Waals surface area contributed by atoms with Crippen molar-refractivity contribution in [2.75, 3.05) is 11.9 Å². The number of para-hydroxylation sites is 1. The van der Waals surface area contributed by atoms with Crippen molar-refractivity contribution in [1.82, 2.24) is 5.32 Å². The van der Waals surface area contributed by atoms with E-state index in [1.807, 2.05) is 20.8 Å². The van der Waals surface area contributed by atoms with Crippen molar-refractivity contribution in [3.05, 3.63) is 24.3 Å². The number of anilines is 1. The topological polar surface area (TPSA) is 58.2 Å². The second kappa shape index (κ2) is 8.12. The maximum Gasteiger partial charge on any atom is 0.288 e. The number of carbonyl (C=O) groups is 2. The second-order valence-corrected chi connectivity index (χ2v) is 6.97. The molecule has 0 aliphatic rings. The summed E-state index contributed by atoms with van der Waals surface area (Å²) in [5.41, 5.74) is 0.143. The van der Waals surface area contributed by atoms with Crippen LogP contribution < -0.4 is 10.6 Å². The molecule has 2 amide bonds. The van der Waals surface area contributed by atoms with Gasteiger partial charge in [0.05, 0.1) is 12.2 Å². The Morgan fingerprint density at radius 3 is 2.41 bits per heavy atom. The number of hydrogen-bond acceptors (Lipinski definition) is 3. The van der Waals surface area contributed by atoms with E-state index in [1.54, 1.807) is 18.2 Å². The highest BCUT2D eigenvalue weighted by Gasteiger charge is 2.17. The molecule has 0 radical (unpaired) electrons. The van der Waals surface area contributed by atoms with Gasteiger partial charge < -0.3 is 10.6 Å². The Hall–Kier alpha value is -1.63. The molecule has 7 heteroatoms. The van der Waals surface area contributed by atoms with E-state index >= 15 is 0 Å². The Kier molecular flexibility index (Phi) is 6.80. The molecule has 0 spiro atoms. The van der Waals surface area contributed by atoms with Crippen LogP contribution in [0.5, 0.6) is 0 Å². The Labute approximate surface area is 133 Å². The molecule has 0 saturated heterocycles. The molecule has 0 aliphatic heterocycles. The summed E-state index contributed by atoms with van der Waals surface area (Å²) in [5.74, 6) is -3.24. The summed E-state index contributed by atoms with van der Waals surface area (Å²) >= 11 is 0.364. The van der Waals surface area contributed by atoms with E-state index in [9.17, 15) is 18.4 Å². The molecule has 0 atom stereocenters. The summed E-state index contributed by atoms with van der Waals surface area (Å²) in [5, 5.41) is 5.04. The third kappa shape index (κ3) is 7.40. The van der Waals surface area contributed by atoms with Crippen LogP contribution in [0.25, 0.3) is 0 Å². The number of thioether (sulfide) groups is 1. The summed E-state index contributed by atoms with van der Waals surface area (Å²) in [7, 11) is 0. The van der Waals surface area contributed by atoms with Gasteiger partial charge in [0.2, 0.25) is 11.8 Å². The highest BCUT2D eigenvalue weighted by Crippen LogP contribution is 2.31. The Bertz CT molecular complexity index is 531. The number of amides is 2. The van der Waals surface area contributed by atoms with Crippen molar-refractivity contribution < 1.29 is 18.4 Å². The minimum atomic E-state index is -2.57. The molecule has 1 rings (SSSR count). The standard InChI is InChI=1S/C15H20F2N2O2S/c1-15(2,3)8-12(20)18-9-13(21)19-10-6-4-5-7-11(10)22-14(16)17/h4-7,14H,8-9H2,1-3H3,(H,18,20)(H,19,21). The molecule has 22 heavy (non-hydrogen) atoms. The van der Waals surface area contributed by atoms with Gasteiger partial charge in [-0.25, -0.2) is 0 Å². The second-order valence-electron chi connectivity index (χ2n) is 5.94. The smallest absolute Gasteiger partial charge is 0.288 e. The molecule has 4 nitrogen and oxygen atoms in total. The van der Waals surface area contributed by atoms with Crippen molar-refractivity contribution >= 4 is 29.3 Å². The van der Waals surface area contributed by atoms with Gasteiger partial charge in [0.15, 0.2) is 0 Å². The van der Waals surface area contributed by atoms with Crippen LogP contribution in [0.1, 0.15) is 27.2 Å². The monoisotopic (exact) mass is 330 g/mol. The third-order valence-corrected chi connectivity index (χ3v) is 3.30. The predicted molar refractivity (Wildman–Crippen MR) is 84.0 cm³/mol. The van der Waals surface area contributed by atoms with Crippen LogP contribution in [0.15, 0.2) is 29.2 Å². The molecule has 0 aliphatic carbocycles. The molecule has 0 unspecified atom stereocenters. The zero-order chi connectivity index (χ0) is 16.8. The zero-order valence-electron chi connectivity index (χ0n) is 12.8. The number of carbonyl (C=O) groups excluding carboxylic acids is 2. The van der Waals surface area contributed by atoms with Gasteiger partial charge in [-0.3, -0.25) is 9.59 Å². The van der Waals surface area contributed by atoms with Crippen molar-refractivity contribution in [2.45, 2.75) is 37.8 Å². The summed E-state index contributed by atoms with van der Waals surface area (Å²) in [4.78, 5) is 23.7. The van der Waals surface area contributed by atoms with Gasteiger partial charge in [-0.15, -0.1) is 0 Å². The molecule has 1 aromatic carbocycles. The van der Waals surface area contributed by atoms with Crippen molar-refractivity contribution in [3.63, 3.8) is 0 Å². The van der Waals surface area contributed by atoms with E-state index in [2.05, 4.69) is 10.6 Å². The minimum Gasteiger partial charge on any atom is -0.347 e. The first-order valence-electron chi connectivity index (χ1n) is 6.78. The molecule has 0 aromatic heterocycles. The molecule has 0 heterocycles. The van der Waals surface area contributed by atoms with Crippen molar-refractivity contribution in [1.29, 1.82) is 0 Å². The number of benzene rings is 1. The molecule has 0 fully saturated rings. The number of rotatable bonds is 6. The van der Waals surface area contributed by atoms with Crippen LogP contribution in [0.3, 0.4) is 0 Å². The summed E-state index contributed by atoms with van der Waals surface area (Å²) in [6.07, 6.45) is 0.304. The van der Waals surface area contributed by atoms with Gasteiger partial charge >= 0.3 is 0 Å². The Morgan fingerprint density at radius 1 is 1.18 bits per heavy atom. The van der Waals surface area contributed by atoms with Gasteiger partial charge in [-0.05, 0) is 17.5 Å². The average molecular weight is 330 g/mol. The van der Waals surface area contributed by atoms with E-state index < -0.39 is 11.7 Å². The fourth-order valence-electron chi connectivity index (χ4n) is 1.69. The number of nitrogens with one attached hydrogen (secondary N) is 2. The quantitative estimate of drug-likeness (QED) is 0.785. The zero-order valence-corrected chi connectivity index (χ0v) is 13.6. The number of hydrogen-bond donors (Lipinski definition) is 2. The highest BCUT2D eigenvalue weighted by atomic mass is 32.2. The van der Waals surface area contributed by atoms with Crippen LogP contribution in [-0.2, 0) is 9.59 Å². The maximum atomic E-state index is 12.4. The SMILES string of the molecule is CC(C)(C)CC(=O)NCC(=O)Nc1ccccc1SC(F)F. The van der Waals surface area contributed by atoms with E-state index in [4.69, 9.17) is 0 Å². The molecular weight excluding hydrogens is 310 g/mol. The van der Waals surface area contributed by atoms with Crippen LogP contribution in [0.2, 0.25) is 0 Å². The minimum absolute atomic E-state index is 0.166. The fraction of sp³-hybridized carbons (Fsp3) is 0.467. The first kappa shape index (κ1) is 18.4. The maximum absolute atomic E-state index is 12.4. The molecule has 1 aromatic rings. The third-order valence-electron chi connectivity index (χ3n) is 2.51. The van der Waals surface area contributed by atoms with Crippen LogP contribution in [0, 0.1) is 5.41 Å². The predicted octanol–water partition coefficient (Wildman–Crippen LogP) is 3.49. The summed E-state index contributed by atoms with van der Waals surface area (Å²) in [6, 6.07) is 6.30. The van der Waals surface area contributed by atoms with Gasteiger partial charge in [0.25, 0.3) is 5.76 Å². The molecule has 0 bridgehead atoms. The van der Waals surface area contributed by atoms with Crippen molar-refractivity contribution in [2.24, 2.45) is 5.41 Å². The average Bonchev–Trinajstić information content (AvgIpc) is 2.36. The lowest BCUT2D eigenvalue weighted by Gasteiger charge is -2.17. The van der Waals surface area contributed by atoms with E-state index in [-0.39, 0.29) is 22.8 Å². The summed E-state index contributed by atoms with van der Waals surface area (Å²) < 4.78 is 24.9. The van der Waals surface area contributed by atoms with Gasteiger partial charge in [-0.2, -0.15) is 8.78 Å². The lowest BCUT2D eigenvalue weighted by atomic mass is 9.92. The largest absolute Gasteiger partial charge is 0.347 e. The highest BCUT2D eigenvalue weighted by molar-refractivity contribution is 7.99. The molecule has 122 valence electrons. The Morgan fingerprint density at radius 2 is 1.82 bits per heavy atom. The fourth-order valence-corrected chi connectivity index (χ4v) is 2.28. The van der Waals surface area contributed by atoms with Crippen LogP contribution >= 0.6 is 11.8 Å². The van der Waals surface area contributed by atoms with Crippen LogP contribution in [-0.4, -0.2) is 24.1 Å². The Balaban J connectivity index is 2.54. The van der Waals surface area contributed by atoms with Gasteiger partial charge in [0.1, 0.15) is 0 Å². The normalized spacial score (nSPS) is 11.4.